The molecule has 0 radical (unpaired) electrons. The van der Waals surface area contributed by atoms with Gasteiger partial charge in [0.25, 0.3) is 6.20 Å². The average molecular weight is 327 g/mol. The van der Waals surface area contributed by atoms with Crippen LogP contribution in [0.1, 0.15) is 19.3 Å². The Balaban J connectivity index is 1.55. The molecule has 1 saturated heterocycles. The number of thioether (sulfide) groups is 2. The second-order valence-electron chi connectivity index (χ2n) is 4.77. The van der Waals surface area contributed by atoms with Crippen LogP contribution in [0, 0.1) is 0 Å². The summed E-state index contributed by atoms with van der Waals surface area (Å²) in [5.41, 5.74) is 0. The second-order valence-corrected chi connectivity index (χ2v) is 7.07. The van der Waals surface area contributed by atoms with E-state index in [1.54, 1.807) is 22.7 Å². The monoisotopic (exact) mass is 327 g/mol. The molecule has 114 valence electrons. The minimum Gasteiger partial charge on any atom is -0.861 e. The predicted octanol–water partition coefficient (Wildman–Crippen LogP) is 0.310. The lowest BCUT2D eigenvalue weighted by molar-refractivity contribution is -0.759. The van der Waals surface area contributed by atoms with Crippen molar-refractivity contribution < 1.29 is 14.4 Å². The van der Waals surface area contributed by atoms with Gasteiger partial charge in [0.2, 0.25) is 5.27 Å². The largest absolute Gasteiger partial charge is 0.861 e. The van der Waals surface area contributed by atoms with Crippen LogP contribution in [0.4, 0.5) is 5.88 Å². The third kappa shape index (κ3) is 4.13. The highest BCUT2D eigenvalue weighted by atomic mass is 32.2. The first kappa shape index (κ1) is 14.7. The molecular formula is C12H17N5O2S2. The predicted molar refractivity (Wildman–Crippen MR) is 82.8 cm³/mol. The summed E-state index contributed by atoms with van der Waals surface area (Å²) < 4.78 is 6.07. The molecule has 0 N–H and O–H groups in total. The Hall–Kier alpha value is -1.22. The average Bonchev–Trinajstić information content (AvgIpc) is 3.17. The molecule has 0 bridgehead atoms. The van der Waals surface area contributed by atoms with E-state index in [4.69, 9.17) is 4.52 Å². The topological polar surface area (TPSA) is 80.9 Å². The third-order valence-electron chi connectivity index (χ3n) is 3.18. The molecular weight excluding hydrogens is 310 g/mol. The molecule has 1 aromatic rings. The van der Waals surface area contributed by atoms with E-state index in [0.29, 0.717) is 0 Å². The van der Waals surface area contributed by atoms with E-state index in [2.05, 4.69) is 20.3 Å². The van der Waals surface area contributed by atoms with Crippen LogP contribution in [0.5, 0.6) is 0 Å². The van der Waals surface area contributed by atoms with Gasteiger partial charge in [-0.15, -0.1) is 0 Å². The van der Waals surface area contributed by atoms with E-state index in [1.807, 2.05) is 0 Å². The lowest BCUT2D eigenvalue weighted by Gasteiger charge is -2.17. The second kappa shape index (κ2) is 7.17. The van der Waals surface area contributed by atoms with Gasteiger partial charge in [-0.2, -0.15) is 5.01 Å². The fraction of sp³-hybridized carbons (Fsp3) is 0.667. The van der Waals surface area contributed by atoms with Crippen molar-refractivity contribution in [2.24, 2.45) is 9.98 Å². The van der Waals surface area contributed by atoms with Crippen molar-refractivity contribution in [2.45, 2.75) is 19.3 Å². The Morgan fingerprint density at radius 2 is 2.33 bits per heavy atom. The van der Waals surface area contributed by atoms with Crippen LogP contribution in [-0.4, -0.2) is 46.7 Å². The first-order valence-corrected chi connectivity index (χ1v) is 8.97. The molecule has 0 spiro atoms. The Bertz CT molecular complexity index is 540. The van der Waals surface area contributed by atoms with Crippen LogP contribution < -0.4 is 14.9 Å². The van der Waals surface area contributed by atoms with E-state index < -0.39 is 0 Å². The van der Waals surface area contributed by atoms with Crippen molar-refractivity contribution in [3.8, 4) is 0 Å². The van der Waals surface area contributed by atoms with Crippen molar-refractivity contribution in [1.82, 2.24) is 5.27 Å². The summed E-state index contributed by atoms with van der Waals surface area (Å²) in [4.78, 5) is 9.87. The van der Waals surface area contributed by atoms with E-state index in [9.17, 15) is 5.11 Å². The van der Waals surface area contributed by atoms with Gasteiger partial charge in [-0.3, -0.25) is 9.52 Å². The molecule has 0 aromatic carbocycles. The van der Waals surface area contributed by atoms with Crippen molar-refractivity contribution in [1.29, 1.82) is 0 Å². The zero-order valence-electron chi connectivity index (χ0n) is 11.6. The minimum atomic E-state index is -0.225. The lowest BCUT2D eigenvalue weighted by Crippen LogP contribution is -2.60. The summed E-state index contributed by atoms with van der Waals surface area (Å²) in [6.45, 7) is 2.76. The van der Waals surface area contributed by atoms with Gasteiger partial charge in [-0.1, -0.05) is 23.5 Å². The highest BCUT2D eigenvalue weighted by molar-refractivity contribution is 8.39. The summed E-state index contributed by atoms with van der Waals surface area (Å²) in [7, 11) is 0. The number of nitrogens with zero attached hydrogens (tertiary/aromatic N) is 5. The van der Waals surface area contributed by atoms with E-state index >= 15 is 0 Å². The normalized spacial score (nSPS) is 19.9. The van der Waals surface area contributed by atoms with Gasteiger partial charge in [0.05, 0.1) is 24.4 Å². The molecule has 0 amide bonds. The zero-order chi connectivity index (χ0) is 14.5. The first-order valence-electron chi connectivity index (χ1n) is 7.00. The molecule has 2 aliphatic heterocycles. The maximum atomic E-state index is 11.8. The van der Waals surface area contributed by atoms with Gasteiger partial charge in [0.1, 0.15) is 4.38 Å². The van der Waals surface area contributed by atoms with Gasteiger partial charge in [0.15, 0.2) is 0 Å². The molecule has 1 fully saturated rings. The van der Waals surface area contributed by atoms with Crippen molar-refractivity contribution in [3.05, 3.63) is 6.20 Å². The van der Waals surface area contributed by atoms with E-state index in [1.165, 1.54) is 18.2 Å². The molecule has 2 aliphatic rings. The molecule has 7 nitrogen and oxygen atoms in total. The summed E-state index contributed by atoms with van der Waals surface area (Å²) in [6.07, 6.45) is 5.23. The SMILES string of the molecule is [O-]/C(CSC1=NCCS1)=N\c1c[n+](N2CCCCC2)no1. The van der Waals surface area contributed by atoms with Crippen LogP contribution in [0.2, 0.25) is 0 Å². The molecule has 0 unspecified atom stereocenters. The Kier molecular flexibility index (Phi) is 5.02. The maximum absolute atomic E-state index is 11.8. The number of aliphatic imine (C=N–C) groups is 2. The highest BCUT2D eigenvalue weighted by Crippen LogP contribution is 2.22. The molecule has 9 heteroatoms. The number of piperidine rings is 1. The van der Waals surface area contributed by atoms with Crippen LogP contribution >= 0.6 is 23.5 Å². The zero-order valence-corrected chi connectivity index (χ0v) is 13.2. The van der Waals surface area contributed by atoms with Crippen LogP contribution in [-0.2, 0) is 0 Å². The fourth-order valence-corrected chi connectivity index (χ4v) is 3.97. The molecule has 0 saturated carbocycles. The van der Waals surface area contributed by atoms with Crippen LogP contribution in [0.3, 0.4) is 0 Å². The molecule has 3 heterocycles. The fourth-order valence-electron chi connectivity index (χ4n) is 2.18. The minimum absolute atomic E-state index is 0.225. The molecule has 21 heavy (non-hydrogen) atoms. The van der Waals surface area contributed by atoms with Gasteiger partial charge in [0, 0.05) is 11.5 Å². The molecule has 1 aromatic heterocycles. The molecule has 0 atom stereocenters. The van der Waals surface area contributed by atoms with Gasteiger partial charge in [-0.25, -0.2) is 4.99 Å². The summed E-state index contributed by atoms with van der Waals surface area (Å²) in [5.74, 6) is 1.33. The highest BCUT2D eigenvalue weighted by Gasteiger charge is 2.22. The van der Waals surface area contributed by atoms with Crippen LogP contribution in [0.15, 0.2) is 20.7 Å². The van der Waals surface area contributed by atoms with Crippen molar-refractivity contribution >= 4 is 39.7 Å². The van der Waals surface area contributed by atoms with Crippen molar-refractivity contribution in [3.63, 3.8) is 0 Å². The van der Waals surface area contributed by atoms with Gasteiger partial charge >= 0.3 is 5.88 Å². The quantitative estimate of drug-likeness (QED) is 0.450. The summed E-state index contributed by atoms with van der Waals surface area (Å²) in [5, 5.41) is 17.8. The standard InChI is InChI=1S/C12H17N5O2S2/c18-10(9-21-12-13-4-7-20-12)14-11-8-17(15-19-11)16-5-2-1-3-6-16/h8H,1-7,9H2. The summed E-state index contributed by atoms with van der Waals surface area (Å²) >= 11 is 3.12. The molecule has 0 aliphatic carbocycles. The Morgan fingerprint density at radius 3 is 3.10 bits per heavy atom. The Morgan fingerprint density at radius 1 is 1.48 bits per heavy atom. The molecule has 3 rings (SSSR count). The van der Waals surface area contributed by atoms with E-state index in [-0.39, 0.29) is 17.5 Å². The van der Waals surface area contributed by atoms with Gasteiger partial charge < -0.3 is 5.11 Å². The maximum Gasteiger partial charge on any atom is 0.324 e. The lowest BCUT2D eigenvalue weighted by atomic mass is 10.2. The smallest absolute Gasteiger partial charge is 0.324 e. The summed E-state index contributed by atoms with van der Waals surface area (Å²) in [6, 6.07) is 0. The third-order valence-corrected chi connectivity index (χ3v) is 5.42. The Labute approximate surface area is 131 Å². The van der Waals surface area contributed by atoms with Crippen molar-refractivity contribution in [2.75, 3.05) is 36.1 Å². The number of hydrogen-bond donors (Lipinski definition) is 0. The first-order chi connectivity index (χ1) is 10.3. The number of aromatic nitrogens is 2. The van der Waals surface area contributed by atoms with Crippen LogP contribution in [0.25, 0.3) is 0 Å². The van der Waals surface area contributed by atoms with E-state index in [0.717, 1.165) is 42.6 Å². The number of rotatable bonds is 4. The number of hydrogen-bond acceptors (Lipinski definition) is 8. The van der Waals surface area contributed by atoms with Gasteiger partial charge in [-0.05, 0) is 25.2 Å².